The van der Waals surface area contributed by atoms with Gasteiger partial charge in [-0.25, -0.2) is 10.8 Å². The Morgan fingerprint density at radius 1 is 1.35 bits per heavy atom. The maximum Gasteiger partial charge on any atom is 0.277 e. The average Bonchev–Trinajstić information content (AvgIpc) is 2.67. The van der Waals surface area contributed by atoms with Crippen LogP contribution in [-0.2, 0) is 13.0 Å². The number of nitrogen functional groups attached to an aromatic ring is 1. The number of carbonyl (C=O) groups excluding carboxylic acids is 1. The van der Waals surface area contributed by atoms with Crippen LogP contribution in [0.3, 0.4) is 0 Å². The van der Waals surface area contributed by atoms with Crippen molar-refractivity contribution < 1.29 is 4.79 Å². The molecule has 1 amide bonds. The highest BCUT2D eigenvalue weighted by atomic mass is 32.1. The van der Waals surface area contributed by atoms with Gasteiger partial charge in [0.2, 0.25) is 0 Å². The Kier molecular flexibility index (Phi) is 5.94. The van der Waals surface area contributed by atoms with Crippen molar-refractivity contribution in [3.05, 3.63) is 15.6 Å². The molecule has 1 aromatic rings. The van der Waals surface area contributed by atoms with E-state index in [0.29, 0.717) is 4.88 Å². The SMILES string of the molecule is CCCc1nc(CN2CCCCCC2)sc1C(=O)NN. The van der Waals surface area contributed by atoms with Gasteiger partial charge in [-0.1, -0.05) is 26.2 Å². The van der Waals surface area contributed by atoms with Crippen molar-refractivity contribution in [1.29, 1.82) is 0 Å². The van der Waals surface area contributed by atoms with E-state index < -0.39 is 0 Å². The molecule has 1 aromatic heterocycles. The molecule has 5 nitrogen and oxygen atoms in total. The zero-order chi connectivity index (χ0) is 14.4. The van der Waals surface area contributed by atoms with Crippen molar-refractivity contribution in [1.82, 2.24) is 15.3 Å². The van der Waals surface area contributed by atoms with Crippen LogP contribution in [0.25, 0.3) is 0 Å². The highest BCUT2D eigenvalue weighted by molar-refractivity contribution is 7.13. The van der Waals surface area contributed by atoms with Crippen molar-refractivity contribution >= 4 is 17.2 Å². The van der Waals surface area contributed by atoms with E-state index in [4.69, 9.17) is 5.84 Å². The number of aromatic nitrogens is 1. The quantitative estimate of drug-likeness (QED) is 0.496. The third kappa shape index (κ3) is 4.01. The smallest absolute Gasteiger partial charge is 0.277 e. The van der Waals surface area contributed by atoms with Gasteiger partial charge in [0.15, 0.2) is 0 Å². The highest BCUT2D eigenvalue weighted by Gasteiger charge is 2.18. The van der Waals surface area contributed by atoms with Gasteiger partial charge in [-0.3, -0.25) is 15.1 Å². The van der Waals surface area contributed by atoms with Crippen LogP contribution in [0.15, 0.2) is 0 Å². The van der Waals surface area contributed by atoms with Gasteiger partial charge in [-0.15, -0.1) is 11.3 Å². The molecule has 1 aliphatic heterocycles. The summed E-state index contributed by atoms with van der Waals surface area (Å²) in [5.41, 5.74) is 3.12. The molecule has 6 heteroatoms. The lowest BCUT2D eigenvalue weighted by Crippen LogP contribution is -2.30. The van der Waals surface area contributed by atoms with Crippen LogP contribution in [0.1, 0.15) is 59.4 Å². The molecule has 2 rings (SSSR count). The first kappa shape index (κ1) is 15.4. The molecule has 3 N–H and O–H groups in total. The maximum atomic E-state index is 11.8. The minimum atomic E-state index is -0.215. The number of likely N-dealkylation sites (tertiary alicyclic amines) is 1. The second-order valence-corrected chi connectivity index (χ2v) is 6.38. The van der Waals surface area contributed by atoms with Crippen LogP contribution < -0.4 is 11.3 Å². The van der Waals surface area contributed by atoms with Crippen molar-refractivity contribution in [2.45, 2.75) is 52.0 Å². The molecule has 0 radical (unpaired) electrons. The fourth-order valence-corrected chi connectivity index (χ4v) is 3.66. The number of nitrogens with one attached hydrogen (secondary N) is 1. The van der Waals surface area contributed by atoms with E-state index in [1.54, 1.807) is 0 Å². The Morgan fingerprint density at radius 3 is 2.65 bits per heavy atom. The molecule has 0 bridgehead atoms. The summed E-state index contributed by atoms with van der Waals surface area (Å²) < 4.78 is 0. The van der Waals surface area contributed by atoms with Crippen LogP contribution in [0, 0.1) is 0 Å². The van der Waals surface area contributed by atoms with Gasteiger partial charge in [0.25, 0.3) is 5.91 Å². The standard InChI is InChI=1S/C14H24N4OS/c1-2-7-11-13(14(19)17-15)20-12(16-11)10-18-8-5-3-4-6-9-18/h2-10,15H2,1H3,(H,17,19). The second-order valence-electron chi connectivity index (χ2n) is 5.30. The molecule has 20 heavy (non-hydrogen) atoms. The molecule has 0 aromatic carbocycles. The monoisotopic (exact) mass is 296 g/mol. The lowest BCUT2D eigenvalue weighted by Gasteiger charge is -2.17. The Labute approximate surface area is 124 Å². The van der Waals surface area contributed by atoms with E-state index in [1.165, 1.54) is 37.0 Å². The molecular formula is C14H24N4OS. The number of rotatable bonds is 5. The van der Waals surface area contributed by atoms with Gasteiger partial charge in [0.05, 0.1) is 12.2 Å². The number of hydrogen-bond donors (Lipinski definition) is 2. The summed E-state index contributed by atoms with van der Waals surface area (Å²) in [5.74, 6) is 5.04. The van der Waals surface area contributed by atoms with Gasteiger partial charge in [0.1, 0.15) is 9.88 Å². The average molecular weight is 296 g/mol. The zero-order valence-corrected chi connectivity index (χ0v) is 13.0. The van der Waals surface area contributed by atoms with E-state index in [2.05, 4.69) is 22.2 Å². The Balaban J connectivity index is 2.08. The summed E-state index contributed by atoms with van der Waals surface area (Å²) in [7, 11) is 0. The molecule has 1 fully saturated rings. The van der Waals surface area contributed by atoms with Crippen LogP contribution in [0.4, 0.5) is 0 Å². The summed E-state index contributed by atoms with van der Waals surface area (Å²) in [5, 5.41) is 1.04. The van der Waals surface area contributed by atoms with E-state index in [-0.39, 0.29) is 5.91 Å². The molecule has 1 aliphatic rings. The van der Waals surface area contributed by atoms with E-state index >= 15 is 0 Å². The number of hydrazine groups is 1. The van der Waals surface area contributed by atoms with Gasteiger partial charge < -0.3 is 0 Å². The lowest BCUT2D eigenvalue weighted by molar-refractivity contribution is 0.0956. The van der Waals surface area contributed by atoms with Gasteiger partial charge in [-0.2, -0.15) is 0 Å². The van der Waals surface area contributed by atoms with Crippen molar-refractivity contribution in [3.8, 4) is 0 Å². The minimum absolute atomic E-state index is 0.215. The van der Waals surface area contributed by atoms with E-state index in [1.807, 2.05) is 0 Å². The zero-order valence-electron chi connectivity index (χ0n) is 12.2. The molecule has 0 unspecified atom stereocenters. The van der Waals surface area contributed by atoms with Crippen molar-refractivity contribution in [2.75, 3.05) is 13.1 Å². The topological polar surface area (TPSA) is 71.2 Å². The van der Waals surface area contributed by atoms with Gasteiger partial charge in [0, 0.05) is 0 Å². The van der Waals surface area contributed by atoms with E-state index in [9.17, 15) is 4.79 Å². The number of hydrogen-bond acceptors (Lipinski definition) is 5. The van der Waals surface area contributed by atoms with E-state index in [0.717, 1.165) is 43.2 Å². The van der Waals surface area contributed by atoms with Crippen molar-refractivity contribution in [2.24, 2.45) is 5.84 Å². The van der Waals surface area contributed by atoms with Crippen LogP contribution in [0.2, 0.25) is 0 Å². The minimum Gasteiger partial charge on any atom is -0.297 e. The molecule has 2 heterocycles. The Hall–Kier alpha value is -0.980. The summed E-state index contributed by atoms with van der Waals surface area (Å²) in [6.07, 6.45) is 7.01. The predicted molar refractivity (Wildman–Crippen MR) is 81.5 cm³/mol. The molecule has 112 valence electrons. The summed E-state index contributed by atoms with van der Waals surface area (Å²) in [4.78, 5) is 19.6. The molecule has 0 saturated carbocycles. The highest BCUT2D eigenvalue weighted by Crippen LogP contribution is 2.22. The maximum absolute atomic E-state index is 11.8. The fraction of sp³-hybridized carbons (Fsp3) is 0.714. The van der Waals surface area contributed by atoms with Gasteiger partial charge >= 0.3 is 0 Å². The van der Waals surface area contributed by atoms with Gasteiger partial charge in [-0.05, 0) is 32.4 Å². The first-order valence-corrected chi connectivity index (χ1v) is 8.28. The number of thiazole rings is 1. The summed E-state index contributed by atoms with van der Waals surface area (Å²) >= 11 is 1.49. The number of nitrogens with two attached hydrogens (primary N) is 1. The summed E-state index contributed by atoms with van der Waals surface area (Å²) in [6, 6.07) is 0. The largest absolute Gasteiger partial charge is 0.297 e. The Bertz CT molecular complexity index is 438. The lowest BCUT2D eigenvalue weighted by atomic mass is 10.2. The van der Waals surface area contributed by atoms with Crippen LogP contribution in [0.5, 0.6) is 0 Å². The Morgan fingerprint density at radius 2 is 2.05 bits per heavy atom. The van der Waals surface area contributed by atoms with Crippen LogP contribution >= 0.6 is 11.3 Å². The predicted octanol–water partition coefficient (Wildman–Crippen LogP) is 2.08. The number of carbonyl (C=O) groups is 1. The van der Waals surface area contributed by atoms with Crippen molar-refractivity contribution in [3.63, 3.8) is 0 Å². The molecule has 0 spiro atoms. The number of nitrogens with zero attached hydrogens (tertiary/aromatic N) is 2. The molecule has 0 aliphatic carbocycles. The fourth-order valence-electron chi connectivity index (χ4n) is 2.60. The number of aryl methyl sites for hydroxylation is 1. The third-order valence-corrected chi connectivity index (χ3v) is 4.70. The second kappa shape index (κ2) is 7.71. The van der Waals surface area contributed by atoms with Crippen LogP contribution in [-0.4, -0.2) is 28.9 Å². The molecule has 1 saturated heterocycles. The molecular weight excluding hydrogens is 272 g/mol. The molecule has 0 atom stereocenters. The number of amides is 1. The first-order valence-electron chi connectivity index (χ1n) is 7.46. The first-order chi connectivity index (χ1) is 9.74. The third-order valence-electron chi connectivity index (χ3n) is 3.62. The summed E-state index contributed by atoms with van der Waals surface area (Å²) in [6.45, 7) is 5.24. The normalized spacial score (nSPS) is 16.9.